The summed E-state index contributed by atoms with van der Waals surface area (Å²) < 4.78 is 0. The first-order valence-corrected chi connectivity index (χ1v) is 5.32. The first-order valence-electron chi connectivity index (χ1n) is 5.32. The molecule has 0 unspecified atom stereocenters. The number of rotatable bonds is 3. The molecule has 2 atom stereocenters. The Bertz CT molecular complexity index is 189. The van der Waals surface area contributed by atoms with Crippen molar-refractivity contribution >= 4 is 5.78 Å². The first-order chi connectivity index (χ1) is 6.11. The maximum absolute atomic E-state index is 11.7. The van der Waals surface area contributed by atoms with Gasteiger partial charge in [0.25, 0.3) is 0 Å². The van der Waals surface area contributed by atoms with Gasteiger partial charge in [-0.3, -0.25) is 4.79 Å². The van der Waals surface area contributed by atoms with Crippen LogP contribution in [0.4, 0.5) is 0 Å². The zero-order valence-electron chi connectivity index (χ0n) is 8.68. The Balaban J connectivity index is 2.65. The molecular formula is C11H20O2. The van der Waals surface area contributed by atoms with Crippen molar-refractivity contribution in [1.29, 1.82) is 0 Å². The Labute approximate surface area is 80.3 Å². The van der Waals surface area contributed by atoms with Crippen LogP contribution < -0.4 is 0 Å². The van der Waals surface area contributed by atoms with Gasteiger partial charge < -0.3 is 5.11 Å². The van der Waals surface area contributed by atoms with E-state index >= 15 is 0 Å². The van der Waals surface area contributed by atoms with Gasteiger partial charge in [-0.2, -0.15) is 0 Å². The predicted molar refractivity (Wildman–Crippen MR) is 52.5 cm³/mol. The lowest BCUT2D eigenvalue weighted by Crippen LogP contribution is -2.41. The highest BCUT2D eigenvalue weighted by atomic mass is 16.3. The van der Waals surface area contributed by atoms with Crippen molar-refractivity contribution in [1.82, 2.24) is 0 Å². The number of hydrogen-bond acceptors (Lipinski definition) is 2. The number of carbonyl (C=O) groups excluding carboxylic acids is 1. The number of hydrogen-bond donors (Lipinski definition) is 1. The van der Waals surface area contributed by atoms with Gasteiger partial charge in [-0.05, 0) is 19.3 Å². The highest BCUT2D eigenvalue weighted by Gasteiger charge is 2.40. The molecule has 0 heterocycles. The lowest BCUT2D eigenvalue weighted by molar-refractivity contribution is -0.137. The molecule has 2 heteroatoms. The summed E-state index contributed by atoms with van der Waals surface area (Å²) in [6, 6.07) is 0. The van der Waals surface area contributed by atoms with Gasteiger partial charge in [-0.1, -0.05) is 26.7 Å². The Hall–Kier alpha value is -0.370. The maximum atomic E-state index is 11.7. The summed E-state index contributed by atoms with van der Waals surface area (Å²) in [6.07, 6.45) is 4.90. The standard InChI is InChI=1S/C11H20O2/c1-3-6-9(12)11(2)8-5-4-7-10(11)13/h9,12H,3-8H2,1-2H3/t9-,11+/m0/s1. The number of Topliss-reactive ketones (excluding diaryl/α,β-unsaturated/α-hetero) is 1. The van der Waals surface area contributed by atoms with Crippen LogP contribution >= 0.6 is 0 Å². The van der Waals surface area contributed by atoms with E-state index in [1.165, 1.54) is 0 Å². The summed E-state index contributed by atoms with van der Waals surface area (Å²) >= 11 is 0. The van der Waals surface area contributed by atoms with Crippen molar-refractivity contribution in [3.8, 4) is 0 Å². The van der Waals surface area contributed by atoms with Crippen LogP contribution in [0.1, 0.15) is 52.4 Å². The molecule has 1 fully saturated rings. The molecule has 1 N–H and O–H groups in total. The van der Waals surface area contributed by atoms with E-state index in [9.17, 15) is 9.90 Å². The minimum absolute atomic E-state index is 0.264. The fourth-order valence-electron chi connectivity index (χ4n) is 2.15. The minimum Gasteiger partial charge on any atom is -0.392 e. The van der Waals surface area contributed by atoms with Crippen molar-refractivity contribution in [2.45, 2.75) is 58.5 Å². The van der Waals surface area contributed by atoms with Gasteiger partial charge in [0.05, 0.1) is 11.5 Å². The first kappa shape index (κ1) is 10.7. The fraction of sp³-hybridized carbons (Fsp3) is 0.909. The molecule has 1 saturated carbocycles. The molecule has 0 aromatic carbocycles. The Morgan fingerprint density at radius 3 is 2.77 bits per heavy atom. The molecule has 0 saturated heterocycles. The summed E-state index contributed by atoms with van der Waals surface area (Å²) in [4.78, 5) is 11.7. The minimum atomic E-state index is -0.436. The lowest BCUT2D eigenvalue weighted by Gasteiger charge is -2.36. The Kier molecular flexibility index (Phi) is 3.48. The van der Waals surface area contributed by atoms with Crippen LogP contribution in [0.15, 0.2) is 0 Å². The Morgan fingerprint density at radius 1 is 1.54 bits per heavy atom. The number of aliphatic hydroxyl groups excluding tert-OH is 1. The summed E-state index contributed by atoms with van der Waals surface area (Å²) in [7, 11) is 0. The van der Waals surface area contributed by atoms with E-state index in [0.29, 0.717) is 6.42 Å². The van der Waals surface area contributed by atoms with E-state index in [1.807, 2.05) is 13.8 Å². The van der Waals surface area contributed by atoms with Crippen LogP contribution in [-0.4, -0.2) is 17.0 Å². The average Bonchev–Trinajstić information content (AvgIpc) is 2.11. The third-order valence-electron chi connectivity index (χ3n) is 3.28. The normalized spacial score (nSPS) is 31.8. The molecule has 0 radical (unpaired) electrons. The quantitative estimate of drug-likeness (QED) is 0.730. The molecule has 2 nitrogen and oxygen atoms in total. The second kappa shape index (κ2) is 4.23. The second-order valence-corrected chi connectivity index (χ2v) is 4.35. The van der Waals surface area contributed by atoms with Gasteiger partial charge in [0.15, 0.2) is 0 Å². The third-order valence-corrected chi connectivity index (χ3v) is 3.28. The van der Waals surface area contributed by atoms with E-state index in [-0.39, 0.29) is 5.78 Å². The van der Waals surface area contributed by atoms with Gasteiger partial charge >= 0.3 is 0 Å². The molecule has 0 amide bonds. The van der Waals surface area contributed by atoms with E-state index in [2.05, 4.69) is 0 Å². The topological polar surface area (TPSA) is 37.3 Å². The van der Waals surface area contributed by atoms with Crippen LogP contribution in [-0.2, 0) is 4.79 Å². The predicted octanol–water partition coefficient (Wildman–Crippen LogP) is 2.30. The van der Waals surface area contributed by atoms with E-state index in [0.717, 1.165) is 32.1 Å². The fourth-order valence-corrected chi connectivity index (χ4v) is 2.15. The average molecular weight is 184 g/mol. The van der Waals surface area contributed by atoms with Crippen LogP contribution in [0.5, 0.6) is 0 Å². The zero-order chi connectivity index (χ0) is 9.90. The largest absolute Gasteiger partial charge is 0.392 e. The molecule has 0 spiro atoms. The van der Waals surface area contributed by atoms with Gasteiger partial charge in [0.1, 0.15) is 5.78 Å². The summed E-state index contributed by atoms with van der Waals surface area (Å²) in [6.45, 7) is 3.97. The van der Waals surface area contributed by atoms with Gasteiger partial charge in [-0.15, -0.1) is 0 Å². The summed E-state index contributed by atoms with van der Waals surface area (Å²) in [5.74, 6) is 0.264. The van der Waals surface area contributed by atoms with Crippen LogP contribution in [0.3, 0.4) is 0 Å². The molecule has 1 aliphatic rings. The van der Waals surface area contributed by atoms with Crippen molar-refractivity contribution in [2.24, 2.45) is 5.41 Å². The van der Waals surface area contributed by atoms with Crippen LogP contribution in [0.25, 0.3) is 0 Å². The number of aliphatic hydroxyl groups is 1. The molecule has 1 aliphatic carbocycles. The third kappa shape index (κ3) is 2.11. The maximum Gasteiger partial charge on any atom is 0.141 e. The van der Waals surface area contributed by atoms with E-state index in [1.54, 1.807) is 0 Å². The molecule has 0 aliphatic heterocycles. The Morgan fingerprint density at radius 2 is 2.23 bits per heavy atom. The highest BCUT2D eigenvalue weighted by molar-refractivity contribution is 5.85. The lowest BCUT2D eigenvalue weighted by atomic mass is 9.70. The summed E-state index contributed by atoms with van der Waals surface area (Å²) in [5.41, 5.74) is -0.436. The molecular weight excluding hydrogens is 164 g/mol. The van der Waals surface area contributed by atoms with Crippen molar-refractivity contribution < 1.29 is 9.90 Å². The number of ketones is 1. The SMILES string of the molecule is CCC[C@H](O)[C@@]1(C)CCCCC1=O. The molecule has 13 heavy (non-hydrogen) atoms. The van der Waals surface area contributed by atoms with Crippen molar-refractivity contribution in [3.05, 3.63) is 0 Å². The van der Waals surface area contributed by atoms with Crippen LogP contribution in [0.2, 0.25) is 0 Å². The molecule has 1 rings (SSSR count). The second-order valence-electron chi connectivity index (χ2n) is 4.35. The molecule has 0 bridgehead atoms. The summed E-state index contributed by atoms with van der Waals surface area (Å²) in [5, 5.41) is 9.88. The smallest absolute Gasteiger partial charge is 0.141 e. The van der Waals surface area contributed by atoms with Crippen molar-refractivity contribution in [2.75, 3.05) is 0 Å². The van der Waals surface area contributed by atoms with Crippen molar-refractivity contribution in [3.63, 3.8) is 0 Å². The van der Waals surface area contributed by atoms with Crippen LogP contribution in [0, 0.1) is 5.41 Å². The number of carbonyl (C=O) groups is 1. The molecule has 0 aromatic rings. The highest BCUT2D eigenvalue weighted by Crippen LogP contribution is 2.37. The molecule has 76 valence electrons. The van der Waals surface area contributed by atoms with Gasteiger partial charge in [0.2, 0.25) is 0 Å². The zero-order valence-corrected chi connectivity index (χ0v) is 8.68. The van der Waals surface area contributed by atoms with E-state index in [4.69, 9.17) is 0 Å². The molecule has 0 aromatic heterocycles. The van der Waals surface area contributed by atoms with Gasteiger partial charge in [0, 0.05) is 6.42 Å². The van der Waals surface area contributed by atoms with E-state index < -0.39 is 11.5 Å². The monoisotopic (exact) mass is 184 g/mol. The van der Waals surface area contributed by atoms with Gasteiger partial charge in [-0.25, -0.2) is 0 Å².